The maximum absolute atomic E-state index is 6.13. The van der Waals surface area contributed by atoms with Crippen LogP contribution in [-0.4, -0.2) is 17.1 Å². The van der Waals surface area contributed by atoms with E-state index in [-0.39, 0.29) is 0 Å². The number of nitrogens with zero attached hydrogens (tertiary/aromatic N) is 2. The van der Waals surface area contributed by atoms with Crippen LogP contribution in [0.1, 0.15) is 17.3 Å². The average Bonchev–Trinajstić information content (AvgIpc) is 2.38. The van der Waals surface area contributed by atoms with Gasteiger partial charge in [0.05, 0.1) is 13.2 Å². The van der Waals surface area contributed by atoms with Crippen molar-refractivity contribution in [3.8, 4) is 5.88 Å². The molecule has 1 aromatic carbocycles. The van der Waals surface area contributed by atoms with Gasteiger partial charge in [0, 0.05) is 22.4 Å². The van der Waals surface area contributed by atoms with Crippen LogP contribution in [0, 0.1) is 0 Å². The smallest absolute Gasteiger partial charge is 0.237 e. The molecule has 94 valence electrons. The van der Waals surface area contributed by atoms with Crippen LogP contribution in [0.2, 0.25) is 10.0 Å². The van der Waals surface area contributed by atoms with Gasteiger partial charge in [0.1, 0.15) is 5.69 Å². The number of aromatic nitrogens is 2. The summed E-state index contributed by atoms with van der Waals surface area (Å²) in [5.74, 6) is 0.385. The maximum atomic E-state index is 6.13. The highest BCUT2D eigenvalue weighted by Crippen LogP contribution is 2.30. The zero-order valence-corrected chi connectivity index (χ0v) is 11.1. The van der Waals surface area contributed by atoms with Crippen LogP contribution < -0.4 is 10.5 Å². The fourth-order valence-electron chi connectivity index (χ4n) is 1.61. The first kappa shape index (κ1) is 13.1. The third kappa shape index (κ3) is 2.56. The Bertz CT molecular complexity index is 563. The molecule has 0 amide bonds. The highest BCUT2D eigenvalue weighted by atomic mass is 35.5. The zero-order valence-electron chi connectivity index (χ0n) is 9.60. The summed E-state index contributed by atoms with van der Waals surface area (Å²) in [5, 5.41) is 1.05. The van der Waals surface area contributed by atoms with Crippen LogP contribution in [0.4, 0.5) is 0 Å². The lowest BCUT2D eigenvalue weighted by atomic mass is 10.0. The van der Waals surface area contributed by atoms with Gasteiger partial charge in [-0.25, -0.2) is 4.98 Å². The van der Waals surface area contributed by atoms with E-state index in [1.807, 2.05) is 0 Å². The third-order valence-electron chi connectivity index (χ3n) is 2.48. The quantitative estimate of drug-likeness (QED) is 0.941. The van der Waals surface area contributed by atoms with Crippen LogP contribution >= 0.6 is 23.2 Å². The standard InChI is InChI=1S/C12H11Cl2N3O/c1-18-12-11(16-4-5-17-12)10(15)8-3-2-7(13)6-9(8)14/h2-6,10H,15H2,1H3. The van der Waals surface area contributed by atoms with Gasteiger partial charge in [0.2, 0.25) is 5.88 Å². The molecule has 1 heterocycles. The second-order valence-electron chi connectivity index (χ2n) is 3.59. The molecule has 2 N–H and O–H groups in total. The summed E-state index contributed by atoms with van der Waals surface area (Å²) in [6.07, 6.45) is 3.10. The van der Waals surface area contributed by atoms with E-state index in [0.717, 1.165) is 5.56 Å². The van der Waals surface area contributed by atoms with E-state index in [9.17, 15) is 0 Å². The summed E-state index contributed by atoms with van der Waals surface area (Å²) >= 11 is 12.0. The maximum Gasteiger partial charge on any atom is 0.237 e. The molecule has 18 heavy (non-hydrogen) atoms. The van der Waals surface area contributed by atoms with Crippen LogP contribution in [0.5, 0.6) is 5.88 Å². The van der Waals surface area contributed by atoms with Crippen LogP contribution in [0.15, 0.2) is 30.6 Å². The highest BCUT2D eigenvalue weighted by Gasteiger charge is 2.18. The van der Waals surface area contributed by atoms with Gasteiger partial charge in [-0.2, -0.15) is 0 Å². The Hall–Kier alpha value is -1.36. The largest absolute Gasteiger partial charge is 0.480 e. The van der Waals surface area contributed by atoms with Gasteiger partial charge >= 0.3 is 0 Å². The Morgan fingerprint density at radius 3 is 2.61 bits per heavy atom. The van der Waals surface area contributed by atoms with Gasteiger partial charge < -0.3 is 10.5 Å². The molecule has 2 aromatic rings. The van der Waals surface area contributed by atoms with Gasteiger partial charge in [-0.15, -0.1) is 0 Å². The molecule has 0 radical (unpaired) electrons. The molecule has 0 aliphatic rings. The first-order valence-corrected chi connectivity index (χ1v) is 5.94. The monoisotopic (exact) mass is 283 g/mol. The van der Waals surface area contributed by atoms with Gasteiger partial charge in [0.15, 0.2) is 0 Å². The van der Waals surface area contributed by atoms with Crippen LogP contribution in [0.25, 0.3) is 0 Å². The SMILES string of the molecule is COc1nccnc1C(N)c1ccc(Cl)cc1Cl. The summed E-state index contributed by atoms with van der Waals surface area (Å²) in [7, 11) is 1.52. The van der Waals surface area contributed by atoms with Crippen molar-refractivity contribution in [1.29, 1.82) is 0 Å². The number of halogens is 2. The topological polar surface area (TPSA) is 61.0 Å². The molecule has 4 nitrogen and oxygen atoms in total. The van der Waals surface area contributed by atoms with E-state index >= 15 is 0 Å². The Morgan fingerprint density at radius 1 is 1.22 bits per heavy atom. The lowest BCUT2D eigenvalue weighted by molar-refractivity contribution is 0.387. The number of rotatable bonds is 3. The Balaban J connectivity index is 2.44. The Labute approximate surface area is 115 Å². The first-order valence-electron chi connectivity index (χ1n) is 5.19. The molecule has 6 heteroatoms. The predicted molar refractivity (Wildman–Crippen MR) is 71.1 cm³/mol. The van der Waals surface area contributed by atoms with Gasteiger partial charge in [0.25, 0.3) is 0 Å². The summed E-state index contributed by atoms with van der Waals surface area (Å²) in [5.41, 5.74) is 7.39. The fourth-order valence-corrected chi connectivity index (χ4v) is 2.13. The van der Waals surface area contributed by atoms with E-state index in [2.05, 4.69) is 9.97 Å². The second kappa shape index (κ2) is 5.52. The summed E-state index contributed by atoms with van der Waals surface area (Å²) < 4.78 is 5.13. The lowest BCUT2D eigenvalue weighted by Crippen LogP contribution is -2.15. The Kier molecular flexibility index (Phi) is 4.01. The molecule has 0 saturated heterocycles. The molecule has 0 spiro atoms. The van der Waals surface area contributed by atoms with Crippen molar-refractivity contribution < 1.29 is 4.74 Å². The number of hydrogen-bond acceptors (Lipinski definition) is 4. The van der Waals surface area contributed by atoms with E-state index in [1.165, 1.54) is 7.11 Å². The molecule has 0 saturated carbocycles. The molecule has 1 atom stereocenters. The Morgan fingerprint density at radius 2 is 1.94 bits per heavy atom. The summed E-state index contributed by atoms with van der Waals surface area (Å²) in [6.45, 7) is 0. The van der Waals surface area contributed by atoms with Crippen LogP contribution in [-0.2, 0) is 0 Å². The highest BCUT2D eigenvalue weighted by molar-refractivity contribution is 6.35. The number of hydrogen-bond donors (Lipinski definition) is 1. The number of nitrogens with two attached hydrogens (primary N) is 1. The lowest BCUT2D eigenvalue weighted by Gasteiger charge is -2.15. The second-order valence-corrected chi connectivity index (χ2v) is 4.44. The molecule has 0 fully saturated rings. The van der Waals surface area contributed by atoms with Crippen molar-refractivity contribution in [2.75, 3.05) is 7.11 Å². The normalized spacial score (nSPS) is 12.2. The first-order chi connectivity index (χ1) is 8.63. The summed E-state index contributed by atoms with van der Waals surface area (Å²) in [6, 6.07) is 4.62. The van der Waals surface area contributed by atoms with Crippen molar-refractivity contribution in [1.82, 2.24) is 9.97 Å². The van der Waals surface area contributed by atoms with Gasteiger partial charge in [-0.05, 0) is 17.7 Å². The van der Waals surface area contributed by atoms with Gasteiger partial charge in [-0.1, -0.05) is 29.3 Å². The molecular weight excluding hydrogens is 273 g/mol. The average molecular weight is 284 g/mol. The molecule has 0 aliphatic carbocycles. The van der Waals surface area contributed by atoms with Crippen molar-refractivity contribution >= 4 is 23.2 Å². The zero-order chi connectivity index (χ0) is 13.1. The van der Waals surface area contributed by atoms with Crippen molar-refractivity contribution in [2.45, 2.75) is 6.04 Å². The van der Waals surface area contributed by atoms with Gasteiger partial charge in [-0.3, -0.25) is 4.98 Å². The number of methoxy groups -OCH3 is 1. The van der Waals surface area contributed by atoms with Crippen molar-refractivity contribution in [2.24, 2.45) is 5.73 Å². The predicted octanol–water partition coefficient (Wildman–Crippen LogP) is 2.84. The molecule has 2 rings (SSSR count). The summed E-state index contributed by atoms with van der Waals surface area (Å²) in [4.78, 5) is 8.24. The van der Waals surface area contributed by atoms with E-state index in [0.29, 0.717) is 21.6 Å². The van der Waals surface area contributed by atoms with E-state index in [1.54, 1.807) is 30.6 Å². The van der Waals surface area contributed by atoms with E-state index in [4.69, 9.17) is 33.7 Å². The van der Waals surface area contributed by atoms with E-state index < -0.39 is 6.04 Å². The number of benzene rings is 1. The molecule has 0 aliphatic heterocycles. The van der Waals surface area contributed by atoms with Crippen LogP contribution in [0.3, 0.4) is 0 Å². The minimum atomic E-state index is -0.515. The molecular formula is C12H11Cl2N3O. The molecule has 1 unspecified atom stereocenters. The third-order valence-corrected chi connectivity index (χ3v) is 3.04. The molecule has 0 bridgehead atoms. The minimum absolute atomic E-state index is 0.385. The minimum Gasteiger partial charge on any atom is -0.480 e. The number of ether oxygens (including phenoxy) is 1. The fraction of sp³-hybridized carbons (Fsp3) is 0.167. The molecule has 1 aromatic heterocycles. The van der Waals surface area contributed by atoms with Crippen molar-refractivity contribution in [3.05, 3.63) is 51.9 Å². The van der Waals surface area contributed by atoms with Crippen molar-refractivity contribution in [3.63, 3.8) is 0 Å².